The molecule has 4 aromatic rings. The molecule has 2 unspecified atom stereocenters. The van der Waals surface area contributed by atoms with Crippen LogP contribution in [0.25, 0.3) is 11.1 Å². The first kappa shape index (κ1) is 26.1. The van der Waals surface area contributed by atoms with Crippen molar-refractivity contribution in [3.63, 3.8) is 0 Å². The summed E-state index contributed by atoms with van der Waals surface area (Å²) in [6.45, 7) is 6.99. The zero-order valence-corrected chi connectivity index (χ0v) is 23.0. The van der Waals surface area contributed by atoms with E-state index >= 15 is 0 Å². The summed E-state index contributed by atoms with van der Waals surface area (Å²) in [4.78, 5) is 0. The number of rotatable bonds is 11. The minimum atomic E-state index is 0.231. The van der Waals surface area contributed by atoms with Gasteiger partial charge in [-0.05, 0) is 71.5 Å². The molecule has 0 amide bonds. The van der Waals surface area contributed by atoms with E-state index in [1.54, 1.807) is 0 Å². The summed E-state index contributed by atoms with van der Waals surface area (Å²) in [5, 5.41) is 0. The molecule has 2 atom stereocenters. The fourth-order valence-electron chi connectivity index (χ4n) is 4.52. The highest BCUT2D eigenvalue weighted by Gasteiger charge is 2.23. The maximum absolute atomic E-state index is 5.89. The molecular formula is C36H34O4. The molecule has 0 bridgehead atoms. The first-order chi connectivity index (χ1) is 19.6. The summed E-state index contributed by atoms with van der Waals surface area (Å²) in [5.41, 5.74) is 9.36. The van der Waals surface area contributed by atoms with Crippen molar-refractivity contribution in [3.8, 4) is 11.5 Å². The molecule has 40 heavy (non-hydrogen) atoms. The molecule has 0 aliphatic carbocycles. The Morgan fingerprint density at radius 1 is 0.550 bits per heavy atom. The molecule has 0 aromatic heterocycles. The van der Waals surface area contributed by atoms with Gasteiger partial charge in [0.15, 0.2) is 0 Å². The van der Waals surface area contributed by atoms with Crippen LogP contribution in [0.5, 0.6) is 11.5 Å². The monoisotopic (exact) mass is 530 g/mol. The lowest BCUT2D eigenvalue weighted by Crippen LogP contribution is -2.04. The molecule has 0 N–H and O–H groups in total. The maximum atomic E-state index is 5.89. The fraction of sp³-hybridized carbons (Fsp3) is 0.222. The zero-order valence-electron chi connectivity index (χ0n) is 23.0. The van der Waals surface area contributed by atoms with Crippen molar-refractivity contribution in [3.05, 3.63) is 143 Å². The quantitative estimate of drug-likeness (QED) is 0.149. The lowest BCUT2D eigenvalue weighted by Gasteiger charge is -2.13. The number of epoxide rings is 2. The van der Waals surface area contributed by atoms with Gasteiger partial charge in [0.05, 0.1) is 13.2 Å². The Morgan fingerprint density at radius 3 is 1.15 bits per heavy atom. The van der Waals surface area contributed by atoms with Crippen molar-refractivity contribution < 1.29 is 18.9 Å². The lowest BCUT2D eigenvalue weighted by molar-refractivity contribution is 0.263. The molecule has 2 fully saturated rings. The smallest absolute Gasteiger partial charge is 0.119 e. The van der Waals surface area contributed by atoms with Crippen LogP contribution in [0.2, 0.25) is 0 Å². The van der Waals surface area contributed by atoms with Gasteiger partial charge in [-0.3, -0.25) is 0 Å². The van der Waals surface area contributed by atoms with Crippen LogP contribution in [0, 0.1) is 13.8 Å². The van der Waals surface area contributed by atoms with E-state index in [1.807, 2.05) is 24.3 Å². The van der Waals surface area contributed by atoms with Gasteiger partial charge in [-0.15, -0.1) is 0 Å². The Labute approximate surface area is 236 Å². The Bertz CT molecular complexity index is 1360. The number of hydrogen-bond donors (Lipinski definition) is 0. The van der Waals surface area contributed by atoms with E-state index < -0.39 is 0 Å². The summed E-state index contributed by atoms with van der Waals surface area (Å²) < 4.78 is 22.3. The van der Waals surface area contributed by atoms with Crippen molar-refractivity contribution in [2.75, 3.05) is 26.4 Å². The van der Waals surface area contributed by atoms with E-state index in [4.69, 9.17) is 18.9 Å². The number of aryl methyl sites for hydroxylation is 2. The van der Waals surface area contributed by atoms with Crippen LogP contribution in [-0.2, 0) is 9.47 Å². The molecule has 4 nitrogen and oxygen atoms in total. The SMILES string of the molecule is Cc1ccc(C(=CC=C(c2ccc(OCC3CO3)cc2)c2ccc(OCC3CO3)cc2)c2ccc(C)cc2)cc1. The van der Waals surface area contributed by atoms with Gasteiger partial charge in [0.25, 0.3) is 0 Å². The number of hydrogen-bond acceptors (Lipinski definition) is 4. The summed E-state index contributed by atoms with van der Waals surface area (Å²) in [6.07, 6.45) is 4.91. The highest BCUT2D eigenvalue weighted by molar-refractivity contribution is 5.86. The van der Waals surface area contributed by atoms with E-state index in [0.29, 0.717) is 13.2 Å². The third-order valence-corrected chi connectivity index (χ3v) is 7.15. The van der Waals surface area contributed by atoms with Crippen LogP contribution in [0.3, 0.4) is 0 Å². The van der Waals surface area contributed by atoms with Gasteiger partial charge >= 0.3 is 0 Å². The standard InChI is InChI=1S/C36H34O4/c1-25-3-7-27(8-4-25)35(28-9-5-26(2)6-10-28)19-20-36(29-11-15-31(16-12-29)37-21-33-23-39-33)30-13-17-32(18-14-30)38-22-34-24-40-34/h3-20,33-34H,21-24H2,1-2H3. The summed E-state index contributed by atoms with van der Waals surface area (Å²) in [5.74, 6) is 1.69. The first-order valence-electron chi connectivity index (χ1n) is 13.9. The predicted octanol–water partition coefficient (Wildman–Crippen LogP) is 7.42. The molecule has 0 spiro atoms. The van der Waals surface area contributed by atoms with Crippen molar-refractivity contribution in [2.45, 2.75) is 26.1 Å². The van der Waals surface area contributed by atoms with Gasteiger partial charge in [0.1, 0.15) is 36.9 Å². The largest absolute Gasteiger partial charge is 0.491 e. The Morgan fingerprint density at radius 2 is 0.850 bits per heavy atom. The van der Waals surface area contributed by atoms with Crippen LogP contribution in [0.4, 0.5) is 0 Å². The van der Waals surface area contributed by atoms with Gasteiger partial charge in [0.2, 0.25) is 0 Å². The fourth-order valence-corrected chi connectivity index (χ4v) is 4.52. The van der Waals surface area contributed by atoms with E-state index in [1.165, 1.54) is 27.8 Å². The third kappa shape index (κ3) is 6.90. The highest BCUT2D eigenvalue weighted by atomic mass is 16.6. The normalized spacial score (nSPS) is 17.1. The van der Waals surface area contributed by atoms with Gasteiger partial charge in [-0.1, -0.05) is 96.1 Å². The second-order valence-electron chi connectivity index (χ2n) is 10.5. The van der Waals surface area contributed by atoms with Gasteiger partial charge in [-0.2, -0.15) is 0 Å². The van der Waals surface area contributed by atoms with Crippen molar-refractivity contribution >= 4 is 11.1 Å². The molecule has 2 heterocycles. The highest BCUT2D eigenvalue weighted by Crippen LogP contribution is 2.30. The van der Waals surface area contributed by atoms with Crippen LogP contribution < -0.4 is 9.47 Å². The first-order valence-corrected chi connectivity index (χ1v) is 13.9. The molecular weight excluding hydrogens is 496 g/mol. The van der Waals surface area contributed by atoms with E-state index in [0.717, 1.165) is 41.4 Å². The second-order valence-corrected chi connectivity index (χ2v) is 10.5. The molecule has 4 heteroatoms. The minimum Gasteiger partial charge on any atom is -0.491 e. The van der Waals surface area contributed by atoms with E-state index in [9.17, 15) is 0 Å². The summed E-state index contributed by atoms with van der Waals surface area (Å²) in [6, 6.07) is 34.0. The molecule has 2 aliphatic heterocycles. The summed E-state index contributed by atoms with van der Waals surface area (Å²) in [7, 11) is 0. The van der Waals surface area contributed by atoms with Crippen LogP contribution >= 0.6 is 0 Å². The Kier molecular flexibility index (Phi) is 7.80. The van der Waals surface area contributed by atoms with Crippen molar-refractivity contribution in [2.24, 2.45) is 0 Å². The van der Waals surface area contributed by atoms with Crippen LogP contribution in [-0.4, -0.2) is 38.6 Å². The molecule has 6 rings (SSSR count). The number of benzene rings is 4. The third-order valence-electron chi connectivity index (χ3n) is 7.15. The Balaban J connectivity index is 1.36. The van der Waals surface area contributed by atoms with Crippen molar-refractivity contribution in [1.82, 2.24) is 0 Å². The number of ether oxygens (including phenoxy) is 4. The minimum absolute atomic E-state index is 0.231. The topological polar surface area (TPSA) is 43.5 Å². The molecule has 0 radical (unpaired) electrons. The lowest BCUT2D eigenvalue weighted by atomic mass is 9.93. The average molecular weight is 531 g/mol. The molecule has 2 aliphatic rings. The van der Waals surface area contributed by atoms with Crippen molar-refractivity contribution in [1.29, 1.82) is 0 Å². The second kappa shape index (κ2) is 12.0. The molecule has 0 saturated carbocycles. The predicted molar refractivity (Wildman–Crippen MR) is 160 cm³/mol. The maximum Gasteiger partial charge on any atom is 0.119 e. The van der Waals surface area contributed by atoms with Gasteiger partial charge in [0, 0.05) is 0 Å². The van der Waals surface area contributed by atoms with Crippen LogP contribution in [0.15, 0.2) is 109 Å². The zero-order chi connectivity index (χ0) is 27.3. The molecule has 2 saturated heterocycles. The molecule has 4 aromatic carbocycles. The van der Waals surface area contributed by atoms with Crippen LogP contribution in [0.1, 0.15) is 33.4 Å². The Hall–Kier alpha value is -4.12. The van der Waals surface area contributed by atoms with E-state index in [2.05, 4.69) is 98.8 Å². The van der Waals surface area contributed by atoms with Gasteiger partial charge < -0.3 is 18.9 Å². The van der Waals surface area contributed by atoms with Gasteiger partial charge in [-0.25, -0.2) is 0 Å². The average Bonchev–Trinajstić information content (AvgIpc) is 3.92. The number of allylic oxidation sites excluding steroid dienone is 2. The molecule has 202 valence electrons. The van der Waals surface area contributed by atoms with E-state index in [-0.39, 0.29) is 12.2 Å². The summed E-state index contributed by atoms with van der Waals surface area (Å²) >= 11 is 0.